The third kappa shape index (κ3) is 4.55. The summed E-state index contributed by atoms with van der Waals surface area (Å²) in [5.74, 6) is 2.53. The second-order valence-electron chi connectivity index (χ2n) is 6.31. The average molecular weight is 329 g/mol. The first kappa shape index (κ1) is 16.4. The highest BCUT2D eigenvalue weighted by atomic mass is 16.5. The van der Waals surface area contributed by atoms with Gasteiger partial charge in [-0.3, -0.25) is 9.69 Å². The molecule has 0 aliphatic carbocycles. The number of pyridine rings is 1. The van der Waals surface area contributed by atoms with Gasteiger partial charge in [-0.1, -0.05) is 11.2 Å². The van der Waals surface area contributed by atoms with Crippen LogP contribution in [-0.4, -0.2) is 47.1 Å². The molecule has 1 amide bonds. The van der Waals surface area contributed by atoms with Crippen LogP contribution >= 0.6 is 0 Å². The minimum absolute atomic E-state index is 0.0581. The fourth-order valence-electron chi connectivity index (χ4n) is 2.92. The summed E-state index contributed by atoms with van der Waals surface area (Å²) in [6, 6.07) is 7.68. The van der Waals surface area contributed by atoms with Crippen molar-refractivity contribution in [3.05, 3.63) is 35.7 Å². The summed E-state index contributed by atoms with van der Waals surface area (Å²) < 4.78 is 4.94. The summed E-state index contributed by atoms with van der Waals surface area (Å²) in [5, 5.41) is 9.91. The number of nitrogens with one attached hydrogen (secondary N) is 2. The lowest BCUT2D eigenvalue weighted by molar-refractivity contribution is -0.117. The van der Waals surface area contributed by atoms with Gasteiger partial charge in [0, 0.05) is 24.8 Å². The van der Waals surface area contributed by atoms with Crippen LogP contribution in [0.5, 0.6) is 0 Å². The summed E-state index contributed by atoms with van der Waals surface area (Å²) in [4.78, 5) is 18.7. The topological polar surface area (TPSA) is 83.3 Å². The van der Waals surface area contributed by atoms with Gasteiger partial charge in [-0.2, -0.15) is 0 Å². The van der Waals surface area contributed by atoms with Crippen molar-refractivity contribution in [1.29, 1.82) is 0 Å². The number of anilines is 2. The molecule has 2 N–H and O–H groups in total. The van der Waals surface area contributed by atoms with Crippen LogP contribution in [-0.2, 0) is 4.79 Å². The Morgan fingerprint density at radius 3 is 3.00 bits per heavy atom. The summed E-state index contributed by atoms with van der Waals surface area (Å²) >= 11 is 0. The van der Waals surface area contributed by atoms with Gasteiger partial charge in [-0.25, -0.2) is 4.98 Å². The molecule has 1 atom stereocenters. The number of hydrogen-bond donors (Lipinski definition) is 2. The third-order valence-electron chi connectivity index (χ3n) is 4.09. The fraction of sp³-hybridized carbons (Fsp3) is 0.471. The van der Waals surface area contributed by atoms with Crippen LogP contribution in [0.15, 0.2) is 28.8 Å². The second kappa shape index (κ2) is 7.44. The maximum atomic E-state index is 12.0. The zero-order valence-corrected chi connectivity index (χ0v) is 14.1. The summed E-state index contributed by atoms with van der Waals surface area (Å²) in [6.07, 6.45) is 1.08. The van der Waals surface area contributed by atoms with Crippen LogP contribution in [0.1, 0.15) is 17.9 Å². The van der Waals surface area contributed by atoms with E-state index in [1.807, 2.05) is 25.1 Å². The highest BCUT2D eigenvalue weighted by molar-refractivity contribution is 5.91. The molecule has 1 aliphatic heterocycles. The number of rotatable bonds is 6. The molecule has 0 radical (unpaired) electrons. The van der Waals surface area contributed by atoms with Crippen molar-refractivity contribution < 1.29 is 9.32 Å². The van der Waals surface area contributed by atoms with E-state index in [1.165, 1.54) is 0 Å². The quantitative estimate of drug-likeness (QED) is 0.844. The predicted molar refractivity (Wildman–Crippen MR) is 91.9 cm³/mol. The van der Waals surface area contributed by atoms with Crippen molar-refractivity contribution in [2.24, 2.45) is 5.92 Å². The first-order chi connectivity index (χ1) is 11.6. The van der Waals surface area contributed by atoms with Gasteiger partial charge >= 0.3 is 0 Å². The highest BCUT2D eigenvalue weighted by Crippen LogP contribution is 2.17. The van der Waals surface area contributed by atoms with Crippen molar-refractivity contribution in [3.8, 4) is 0 Å². The van der Waals surface area contributed by atoms with Crippen LogP contribution in [0.25, 0.3) is 0 Å². The SMILES string of the molecule is Cc1cccc(NCC2CCN(CC(=O)Nc3cc(C)on3)C2)n1. The first-order valence-electron chi connectivity index (χ1n) is 8.21. The molecule has 2 aromatic rings. The number of aryl methyl sites for hydroxylation is 2. The van der Waals surface area contributed by atoms with E-state index in [1.54, 1.807) is 13.0 Å². The van der Waals surface area contributed by atoms with Gasteiger partial charge in [-0.15, -0.1) is 0 Å². The number of nitrogens with zero attached hydrogens (tertiary/aromatic N) is 3. The number of likely N-dealkylation sites (tertiary alicyclic amines) is 1. The number of aromatic nitrogens is 2. The number of hydrogen-bond acceptors (Lipinski definition) is 6. The minimum atomic E-state index is -0.0581. The van der Waals surface area contributed by atoms with Gasteiger partial charge in [-0.05, 0) is 44.9 Å². The van der Waals surface area contributed by atoms with Crippen molar-refractivity contribution in [2.75, 3.05) is 36.8 Å². The molecule has 24 heavy (non-hydrogen) atoms. The molecule has 1 aliphatic rings. The molecule has 3 heterocycles. The molecule has 0 aromatic carbocycles. The van der Waals surface area contributed by atoms with Crippen molar-refractivity contribution in [3.63, 3.8) is 0 Å². The van der Waals surface area contributed by atoms with Crippen LogP contribution in [0.2, 0.25) is 0 Å². The maximum Gasteiger partial charge on any atom is 0.239 e. The highest BCUT2D eigenvalue weighted by Gasteiger charge is 2.24. The van der Waals surface area contributed by atoms with Crippen LogP contribution in [0, 0.1) is 19.8 Å². The third-order valence-corrected chi connectivity index (χ3v) is 4.09. The molecule has 3 rings (SSSR count). The summed E-state index contributed by atoms with van der Waals surface area (Å²) in [5.41, 5.74) is 1.01. The monoisotopic (exact) mass is 329 g/mol. The Hall–Kier alpha value is -2.41. The largest absolute Gasteiger partial charge is 0.370 e. The fourth-order valence-corrected chi connectivity index (χ4v) is 2.92. The Balaban J connectivity index is 1.41. The number of amides is 1. The average Bonchev–Trinajstić information content (AvgIpc) is 3.14. The van der Waals surface area contributed by atoms with Gasteiger partial charge in [0.05, 0.1) is 6.54 Å². The minimum Gasteiger partial charge on any atom is -0.370 e. The van der Waals surface area contributed by atoms with Gasteiger partial charge in [0.15, 0.2) is 5.82 Å². The molecule has 7 nitrogen and oxygen atoms in total. The number of carbonyl (C=O) groups is 1. The Morgan fingerprint density at radius 1 is 1.38 bits per heavy atom. The Labute approximate surface area is 141 Å². The van der Waals surface area contributed by atoms with E-state index >= 15 is 0 Å². The van der Waals surface area contributed by atoms with E-state index in [9.17, 15) is 4.79 Å². The lowest BCUT2D eigenvalue weighted by atomic mass is 10.1. The van der Waals surface area contributed by atoms with E-state index in [4.69, 9.17) is 4.52 Å². The molecule has 0 bridgehead atoms. The van der Waals surface area contributed by atoms with Crippen LogP contribution in [0.3, 0.4) is 0 Å². The second-order valence-corrected chi connectivity index (χ2v) is 6.31. The molecular weight excluding hydrogens is 306 g/mol. The van der Waals surface area contributed by atoms with E-state index in [0.717, 1.165) is 37.6 Å². The van der Waals surface area contributed by atoms with Gasteiger partial charge < -0.3 is 15.2 Å². The Kier molecular flexibility index (Phi) is 5.10. The van der Waals surface area contributed by atoms with Gasteiger partial charge in [0.1, 0.15) is 11.6 Å². The van der Waals surface area contributed by atoms with Crippen molar-refractivity contribution in [2.45, 2.75) is 20.3 Å². The van der Waals surface area contributed by atoms with Gasteiger partial charge in [0.2, 0.25) is 5.91 Å². The zero-order valence-electron chi connectivity index (χ0n) is 14.1. The molecule has 2 aromatic heterocycles. The maximum absolute atomic E-state index is 12.0. The zero-order chi connectivity index (χ0) is 16.9. The molecule has 1 unspecified atom stereocenters. The molecule has 1 saturated heterocycles. The lowest BCUT2D eigenvalue weighted by Crippen LogP contribution is -2.32. The van der Waals surface area contributed by atoms with E-state index < -0.39 is 0 Å². The standard InChI is InChI=1S/C17H23N5O2/c1-12-4-3-5-15(19-12)18-9-14-6-7-22(10-14)11-17(23)20-16-8-13(2)24-21-16/h3-5,8,14H,6-7,9-11H2,1-2H3,(H,18,19)(H,20,21,23). The molecule has 7 heteroatoms. The normalized spacial score (nSPS) is 17.8. The molecule has 128 valence electrons. The molecule has 0 spiro atoms. The van der Waals surface area contributed by atoms with E-state index in [0.29, 0.717) is 24.0 Å². The molecular formula is C17H23N5O2. The van der Waals surface area contributed by atoms with E-state index in [-0.39, 0.29) is 5.91 Å². The molecule has 1 fully saturated rings. The first-order valence-corrected chi connectivity index (χ1v) is 8.21. The van der Waals surface area contributed by atoms with E-state index in [2.05, 4.69) is 25.7 Å². The predicted octanol–water partition coefficient (Wildman–Crippen LogP) is 2.06. The van der Waals surface area contributed by atoms with Crippen molar-refractivity contribution in [1.82, 2.24) is 15.0 Å². The summed E-state index contributed by atoms with van der Waals surface area (Å²) in [6.45, 7) is 6.87. The lowest BCUT2D eigenvalue weighted by Gasteiger charge is -2.15. The van der Waals surface area contributed by atoms with Crippen molar-refractivity contribution >= 4 is 17.5 Å². The van der Waals surface area contributed by atoms with Crippen LogP contribution in [0.4, 0.5) is 11.6 Å². The van der Waals surface area contributed by atoms with Crippen LogP contribution < -0.4 is 10.6 Å². The number of carbonyl (C=O) groups excluding carboxylic acids is 1. The Morgan fingerprint density at radius 2 is 2.25 bits per heavy atom. The smallest absolute Gasteiger partial charge is 0.239 e. The van der Waals surface area contributed by atoms with Gasteiger partial charge in [0.25, 0.3) is 0 Å². The molecule has 0 saturated carbocycles. The Bertz CT molecular complexity index is 700. The summed E-state index contributed by atoms with van der Waals surface area (Å²) in [7, 11) is 0.